The summed E-state index contributed by atoms with van der Waals surface area (Å²) >= 11 is 0. The Labute approximate surface area is 168 Å². The van der Waals surface area contributed by atoms with E-state index >= 15 is 0 Å². The average molecular weight is 380 g/mol. The number of carbonyl (C=O) groups excluding carboxylic acids is 2. The Kier molecular flexibility index (Phi) is 6.63. The first-order valence-electron chi connectivity index (χ1n) is 10.2. The number of ketones is 1. The summed E-state index contributed by atoms with van der Waals surface area (Å²) in [5.74, 6) is 0.160. The smallest absolute Gasteiger partial charge is 0.223 e. The van der Waals surface area contributed by atoms with Crippen molar-refractivity contribution in [2.45, 2.75) is 40.2 Å². The van der Waals surface area contributed by atoms with Crippen molar-refractivity contribution in [2.75, 3.05) is 26.2 Å². The molecule has 1 amide bonds. The number of aryl methyl sites for hydroxylation is 3. The minimum atomic E-state index is 0.0558. The minimum absolute atomic E-state index is 0.0558. The van der Waals surface area contributed by atoms with E-state index in [1.165, 1.54) is 21.6 Å². The van der Waals surface area contributed by atoms with Gasteiger partial charge in [-0.25, -0.2) is 0 Å². The predicted molar refractivity (Wildman–Crippen MR) is 112 cm³/mol. The molecule has 0 spiro atoms. The van der Waals surface area contributed by atoms with Crippen LogP contribution in [0.3, 0.4) is 0 Å². The quantitative estimate of drug-likeness (QED) is 0.784. The number of Topliss-reactive ketones (excluding diaryl/α,β-unsaturated/α-hetero) is 1. The molecule has 0 saturated carbocycles. The summed E-state index contributed by atoms with van der Waals surface area (Å²) in [6.45, 7) is 10.7. The summed E-state index contributed by atoms with van der Waals surface area (Å²) in [5.41, 5.74) is 5.72. The lowest BCUT2D eigenvalue weighted by atomic mass is 10.0. The number of hydrogen-bond donors (Lipinski definition) is 1. The fraction of sp³-hybridized carbons (Fsp3) is 0.417. The topological polar surface area (TPSA) is 41.8 Å². The zero-order chi connectivity index (χ0) is 20.1. The van der Waals surface area contributed by atoms with Gasteiger partial charge in [0.05, 0.1) is 26.2 Å². The van der Waals surface area contributed by atoms with Crippen molar-refractivity contribution >= 4 is 11.7 Å². The highest BCUT2D eigenvalue weighted by Gasteiger charge is 2.24. The molecule has 3 rings (SSSR count). The van der Waals surface area contributed by atoms with Crippen molar-refractivity contribution in [3.05, 3.63) is 70.3 Å². The summed E-state index contributed by atoms with van der Waals surface area (Å²) in [6.07, 6.45) is 0.594. The molecule has 1 N–H and O–H groups in total. The molecule has 0 bridgehead atoms. The van der Waals surface area contributed by atoms with E-state index in [9.17, 15) is 9.59 Å². The van der Waals surface area contributed by atoms with Crippen molar-refractivity contribution in [1.29, 1.82) is 0 Å². The van der Waals surface area contributed by atoms with Crippen LogP contribution in [-0.4, -0.2) is 42.8 Å². The van der Waals surface area contributed by atoms with Crippen LogP contribution < -0.4 is 4.90 Å². The largest absolute Gasteiger partial charge is 0.331 e. The van der Waals surface area contributed by atoms with E-state index in [1.807, 2.05) is 36.9 Å². The number of piperazine rings is 1. The molecule has 1 aliphatic rings. The van der Waals surface area contributed by atoms with Crippen LogP contribution in [0.25, 0.3) is 0 Å². The third-order valence-corrected chi connectivity index (χ3v) is 5.92. The molecule has 148 valence electrons. The Bertz CT molecular complexity index is 851. The summed E-state index contributed by atoms with van der Waals surface area (Å²) in [7, 11) is 0. The Morgan fingerprint density at radius 3 is 2.29 bits per heavy atom. The van der Waals surface area contributed by atoms with E-state index in [-0.39, 0.29) is 18.1 Å². The first kappa shape index (κ1) is 20.3. The molecule has 0 atom stereocenters. The molecule has 0 radical (unpaired) electrons. The van der Waals surface area contributed by atoms with Crippen LogP contribution in [-0.2, 0) is 11.3 Å². The van der Waals surface area contributed by atoms with Gasteiger partial charge in [0.15, 0.2) is 5.78 Å². The number of carbonyl (C=O) groups is 2. The first-order chi connectivity index (χ1) is 13.4. The van der Waals surface area contributed by atoms with Gasteiger partial charge < -0.3 is 9.80 Å². The van der Waals surface area contributed by atoms with Gasteiger partial charge in [-0.2, -0.15) is 0 Å². The number of hydrogen-bond acceptors (Lipinski definition) is 2. The number of amides is 1. The summed E-state index contributed by atoms with van der Waals surface area (Å²) in [6, 6.07) is 14.3. The number of nitrogens with one attached hydrogen (secondary N) is 1. The second kappa shape index (κ2) is 9.16. The highest BCUT2D eigenvalue weighted by atomic mass is 16.2. The van der Waals surface area contributed by atoms with E-state index < -0.39 is 0 Å². The first-order valence-corrected chi connectivity index (χ1v) is 10.2. The van der Waals surface area contributed by atoms with Crippen molar-refractivity contribution in [2.24, 2.45) is 0 Å². The standard InChI is InChI=1S/C24H30N2O2/c1-18-8-9-21(16-20(18)3)23(27)10-11-24(28)26-14-12-25(13-15-26)17-22-7-5-4-6-19(22)2/h4-9,16H,10-15,17H2,1-3H3/p+1. The van der Waals surface area contributed by atoms with E-state index in [4.69, 9.17) is 0 Å². The van der Waals surface area contributed by atoms with Crippen LogP contribution >= 0.6 is 0 Å². The number of rotatable bonds is 6. The van der Waals surface area contributed by atoms with Gasteiger partial charge in [0, 0.05) is 24.0 Å². The molecule has 2 aromatic carbocycles. The Hall–Kier alpha value is -2.46. The van der Waals surface area contributed by atoms with Gasteiger partial charge in [0.2, 0.25) is 5.91 Å². The summed E-state index contributed by atoms with van der Waals surface area (Å²) in [5, 5.41) is 0. The number of nitrogens with zero attached hydrogens (tertiary/aromatic N) is 1. The third-order valence-electron chi connectivity index (χ3n) is 5.92. The molecule has 1 aliphatic heterocycles. The minimum Gasteiger partial charge on any atom is -0.331 e. The van der Waals surface area contributed by atoms with Crippen molar-refractivity contribution < 1.29 is 14.5 Å². The molecule has 0 aromatic heterocycles. The molecular weight excluding hydrogens is 348 g/mol. The predicted octanol–water partition coefficient (Wildman–Crippen LogP) is 2.50. The average Bonchev–Trinajstić information content (AvgIpc) is 2.70. The lowest BCUT2D eigenvalue weighted by molar-refractivity contribution is -0.917. The maximum Gasteiger partial charge on any atom is 0.223 e. The van der Waals surface area contributed by atoms with Gasteiger partial charge in [-0.05, 0) is 43.5 Å². The maximum absolute atomic E-state index is 12.5. The van der Waals surface area contributed by atoms with Gasteiger partial charge >= 0.3 is 0 Å². The van der Waals surface area contributed by atoms with E-state index in [1.54, 1.807) is 0 Å². The Balaban J connectivity index is 1.45. The lowest BCUT2D eigenvalue weighted by Gasteiger charge is -2.32. The summed E-state index contributed by atoms with van der Waals surface area (Å²) < 4.78 is 0. The molecule has 2 aromatic rings. The van der Waals surface area contributed by atoms with E-state index in [0.29, 0.717) is 12.0 Å². The maximum atomic E-state index is 12.5. The van der Waals surface area contributed by atoms with Crippen LogP contribution in [0.1, 0.15) is 45.5 Å². The van der Waals surface area contributed by atoms with Crippen LogP contribution in [0, 0.1) is 20.8 Å². The van der Waals surface area contributed by atoms with Gasteiger partial charge in [0.1, 0.15) is 6.54 Å². The van der Waals surface area contributed by atoms with E-state index in [2.05, 4.69) is 31.2 Å². The van der Waals surface area contributed by atoms with Crippen LogP contribution in [0.5, 0.6) is 0 Å². The normalized spacial score (nSPS) is 14.9. The van der Waals surface area contributed by atoms with Crippen molar-refractivity contribution in [1.82, 2.24) is 4.90 Å². The Morgan fingerprint density at radius 2 is 1.61 bits per heavy atom. The zero-order valence-corrected chi connectivity index (χ0v) is 17.3. The highest BCUT2D eigenvalue weighted by molar-refractivity contribution is 5.98. The van der Waals surface area contributed by atoms with Gasteiger partial charge in [0.25, 0.3) is 0 Å². The monoisotopic (exact) mass is 379 g/mol. The zero-order valence-electron chi connectivity index (χ0n) is 17.3. The number of quaternary nitrogens is 1. The fourth-order valence-corrected chi connectivity index (χ4v) is 3.76. The van der Waals surface area contributed by atoms with Crippen LogP contribution in [0.15, 0.2) is 42.5 Å². The van der Waals surface area contributed by atoms with Gasteiger partial charge in [-0.15, -0.1) is 0 Å². The molecule has 4 nitrogen and oxygen atoms in total. The van der Waals surface area contributed by atoms with E-state index in [0.717, 1.165) is 38.3 Å². The molecule has 0 aliphatic carbocycles. The molecular formula is C24H31N2O2+. The second-order valence-electron chi connectivity index (χ2n) is 7.96. The van der Waals surface area contributed by atoms with Crippen molar-refractivity contribution in [3.8, 4) is 0 Å². The lowest BCUT2D eigenvalue weighted by Crippen LogP contribution is -3.13. The second-order valence-corrected chi connectivity index (χ2v) is 7.96. The van der Waals surface area contributed by atoms with Crippen molar-refractivity contribution in [3.63, 3.8) is 0 Å². The van der Waals surface area contributed by atoms with Gasteiger partial charge in [-0.3, -0.25) is 9.59 Å². The van der Waals surface area contributed by atoms with Gasteiger partial charge in [-0.1, -0.05) is 36.4 Å². The molecule has 1 fully saturated rings. The highest BCUT2D eigenvalue weighted by Crippen LogP contribution is 2.13. The molecule has 4 heteroatoms. The molecule has 28 heavy (non-hydrogen) atoms. The molecule has 1 saturated heterocycles. The molecule has 0 unspecified atom stereocenters. The Morgan fingerprint density at radius 1 is 0.893 bits per heavy atom. The summed E-state index contributed by atoms with van der Waals surface area (Å²) in [4.78, 5) is 28.4. The SMILES string of the molecule is Cc1ccc(C(=O)CCC(=O)N2CC[NH+](Cc3ccccc3C)CC2)cc1C. The molecule has 1 heterocycles. The number of benzene rings is 2. The third kappa shape index (κ3) is 5.08. The van der Waals surface area contributed by atoms with Crippen LogP contribution in [0.2, 0.25) is 0 Å². The van der Waals surface area contributed by atoms with Crippen LogP contribution in [0.4, 0.5) is 0 Å². The fourth-order valence-electron chi connectivity index (χ4n) is 3.76.